The van der Waals surface area contributed by atoms with Gasteiger partial charge in [0.1, 0.15) is 11.6 Å². The minimum absolute atomic E-state index is 0.0243. The van der Waals surface area contributed by atoms with Crippen molar-refractivity contribution in [3.05, 3.63) is 65.2 Å². The zero-order valence-corrected chi connectivity index (χ0v) is 16.0. The summed E-state index contributed by atoms with van der Waals surface area (Å²) >= 11 is 0. The van der Waals surface area contributed by atoms with Crippen molar-refractivity contribution in [3.8, 4) is 0 Å². The van der Waals surface area contributed by atoms with E-state index in [9.17, 15) is 28.0 Å². The molecule has 1 atom stereocenters. The van der Waals surface area contributed by atoms with Gasteiger partial charge in [-0.1, -0.05) is 12.1 Å². The molecule has 2 aromatic rings. The van der Waals surface area contributed by atoms with E-state index in [0.29, 0.717) is 11.1 Å². The molecule has 0 saturated carbocycles. The molecule has 1 N–H and O–H groups in total. The fourth-order valence-electron chi connectivity index (χ4n) is 2.96. The number of benzene rings is 2. The summed E-state index contributed by atoms with van der Waals surface area (Å²) in [6.45, 7) is 1.31. The lowest BCUT2D eigenvalue weighted by atomic mass is 10.1. The van der Waals surface area contributed by atoms with Gasteiger partial charge in [0.15, 0.2) is 6.10 Å². The van der Waals surface area contributed by atoms with Crippen LogP contribution in [0.15, 0.2) is 42.5 Å². The van der Waals surface area contributed by atoms with Crippen LogP contribution in [0.2, 0.25) is 0 Å². The van der Waals surface area contributed by atoms with E-state index in [1.165, 1.54) is 6.92 Å². The third kappa shape index (κ3) is 4.51. The summed E-state index contributed by atoms with van der Waals surface area (Å²) in [5, 5.41) is 2.15. The highest BCUT2D eigenvalue weighted by Gasteiger charge is 2.34. The number of hydrogen-bond donors (Lipinski definition) is 1. The van der Waals surface area contributed by atoms with Crippen LogP contribution in [-0.2, 0) is 14.3 Å². The average molecular weight is 416 g/mol. The van der Waals surface area contributed by atoms with Gasteiger partial charge in [0, 0.05) is 19.0 Å². The van der Waals surface area contributed by atoms with E-state index in [0.717, 1.165) is 23.1 Å². The Balaban J connectivity index is 1.47. The van der Waals surface area contributed by atoms with Crippen molar-refractivity contribution in [1.82, 2.24) is 4.90 Å². The molecule has 0 radical (unpaired) electrons. The third-order valence-electron chi connectivity index (χ3n) is 4.50. The van der Waals surface area contributed by atoms with Gasteiger partial charge in [-0.3, -0.25) is 24.1 Å². The van der Waals surface area contributed by atoms with Crippen LogP contribution >= 0.6 is 0 Å². The Bertz CT molecular complexity index is 989. The molecule has 0 saturated heterocycles. The Kier molecular flexibility index (Phi) is 6.20. The maximum absolute atomic E-state index is 13.6. The normalized spacial score (nSPS) is 13.8. The van der Waals surface area contributed by atoms with Crippen LogP contribution < -0.4 is 5.32 Å². The predicted octanol–water partition coefficient (Wildman–Crippen LogP) is 2.91. The highest BCUT2D eigenvalue weighted by Crippen LogP contribution is 2.22. The topological polar surface area (TPSA) is 92.8 Å². The molecule has 0 spiro atoms. The first kappa shape index (κ1) is 21.1. The zero-order valence-electron chi connectivity index (χ0n) is 16.0. The summed E-state index contributed by atoms with van der Waals surface area (Å²) in [5.74, 6) is -3.96. The molecule has 0 fully saturated rings. The van der Waals surface area contributed by atoms with E-state index in [4.69, 9.17) is 4.74 Å². The highest BCUT2D eigenvalue weighted by atomic mass is 19.1. The molecule has 0 aromatic heterocycles. The molecular formula is C21H18F2N2O5. The molecule has 3 rings (SSSR count). The van der Waals surface area contributed by atoms with Crippen molar-refractivity contribution < 1.29 is 32.7 Å². The quantitative estimate of drug-likeness (QED) is 0.554. The van der Waals surface area contributed by atoms with Crippen LogP contribution in [0.4, 0.5) is 14.5 Å². The maximum Gasteiger partial charge on any atom is 0.306 e. The lowest BCUT2D eigenvalue weighted by molar-refractivity contribution is -0.153. The molecule has 30 heavy (non-hydrogen) atoms. The molecule has 156 valence electrons. The standard InChI is InChI=1S/C21H18F2N2O5/c1-12(19(27)24-17-11-13(22)8-9-16(17)23)30-18(26)7-4-10-25-20(28)14-5-2-3-6-15(14)21(25)29/h2-3,5-6,8-9,11-12H,4,7,10H2,1H3,(H,24,27). The molecule has 0 bridgehead atoms. The highest BCUT2D eigenvalue weighted by molar-refractivity contribution is 6.21. The van der Waals surface area contributed by atoms with Crippen molar-refractivity contribution in [2.24, 2.45) is 0 Å². The van der Waals surface area contributed by atoms with Crippen LogP contribution in [0.1, 0.15) is 40.5 Å². The minimum atomic E-state index is -1.25. The Hall–Kier alpha value is -3.62. The number of esters is 1. The van der Waals surface area contributed by atoms with E-state index in [-0.39, 0.29) is 25.1 Å². The molecule has 2 aromatic carbocycles. The Morgan fingerprint density at radius 1 is 1.07 bits per heavy atom. The lowest BCUT2D eigenvalue weighted by Crippen LogP contribution is -2.32. The number of halogens is 2. The first-order valence-corrected chi connectivity index (χ1v) is 9.18. The largest absolute Gasteiger partial charge is 0.453 e. The summed E-state index contributed by atoms with van der Waals surface area (Å²) in [6, 6.07) is 9.02. The Labute approximate surface area is 170 Å². The van der Waals surface area contributed by atoms with E-state index < -0.39 is 41.4 Å². The summed E-state index contributed by atoms with van der Waals surface area (Å²) in [4.78, 5) is 49.6. The molecule has 7 nitrogen and oxygen atoms in total. The van der Waals surface area contributed by atoms with Crippen molar-refractivity contribution in [2.75, 3.05) is 11.9 Å². The molecular weight excluding hydrogens is 398 g/mol. The van der Waals surface area contributed by atoms with E-state index in [1.807, 2.05) is 0 Å². The van der Waals surface area contributed by atoms with E-state index in [1.54, 1.807) is 24.3 Å². The average Bonchev–Trinajstić information content (AvgIpc) is 2.95. The van der Waals surface area contributed by atoms with Crippen LogP contribution in [0.3, 0.4) is 0 Å². The molecule has 1 heterocycles. The smallest absolute Gasteiger partial charge is 0.306 e. The minimum Gasteiger partial charge on any atom is -0.453 e. The number of rotatable bonds is 7. The van der Waals surface area contributed by atoms with Gasteiger partial charge in [-0.25, -0.2) is 8.78 Å². The molecule has 3 amide bonds. The molecule has 1 aliphatic rings. The van der Waals surface area contributed by atoms with Crippen molar-refractivity contribution in [1.29, 1.82) is 0 Å². The number of imide groups is 1. The van der Waals surface area contributed by atoms with Crippen molar-refractivity contribution in [3.63, 3.8) is 0 Å². The summed E-state index contributed by atoms with van der Waals surface area (Å²) in [5.41, 5.74) is 0.272. The second-order valence-corrected chi connectivity index (χ2v) is 6.66. The number of hydrogen-bond acceptors (Lipinski definition) is 5. The lowest BCUT2D eigenvalue weighted by Gasteiger charge is -2.15. The van der Waals surface area contributed by atoms with Gasteiger partial charge in [0.25, 0.3) is 17.7 Å². The first-order chi connectivity index (χ1) is 14.3. The number of carbonyl (C=O) groups excluding carboxylic acids is 4. The summed E-state index contributed by atoms with van der Waals surface area (Å²) in [6.07, 6.45) is -1.24. The number of ether oxygens (including phenoxy) is 1. The van der Waals surface area contributed by atoms with Gasteiger partial charge >= 0.3 is 5.97 Å². The number of anilines is 1. The number of nitrogens with zero attached hydrogens (tertiary/aromatic N) is 1. The monoisotopic (exact) mass is 416 g/mol. The first-order valence-electron chi connectivity index (χ1n) is 9.18. The maximum atomic E-state index is 13.6. The number of fused-ring (bicyclic) bond motifs is 1. The van der Waals surface area contributed by atoms with Crippen LogP contribution in [0.25, 0.3) is 0 Å². The van der Waals surface area contributed by atoms with Crippen LogP contribution in [0.5, 0.6) is 0 Å². The summed E-state index contributed by atoms with van der Waals surface area (Å²) < 4.78 is 31.7. The van der Waals surface area contributed by atoms with Gasteiger partial charge in [0.05, 0.1) is 16.8 Å². The SMILES string of the molecule is CC(OC(=O)CCCN1C(=O)c2ccccc2C1=O)C(=O)Nc1cc(F)ccc1F. The number of carbonyl (C=O) groups is 4. The van der Waals surface area contributed by atoms with Crippen LogP contribution in [-0.4, -0.2) is 41.2 Å². The van der Waals surface area contributed by atoms with Gasteiger partial charge in [-0.05, 0) is 37.6 Å². The predicted molar refractivity (Wildman–Crippen MR) is 102 cm³/mol. The second kappa shape index (κ2) is 8.81. The Morgan fingerprint density at radius 2 is 1.70 bits per heavy atom. The number of amides is 3. The fourth-order valence-corrected chi connectivity index (χ4v) is 2.96. The van der Waals surface area contributed by atoms with Crippen molar-refractivity contribution in [2.45, 2.75) is 25.9 Å². The van der Waals surface area contributed by atoms with Gasteiger partial charge in [-0.15, -0.1) is 0 Å². The molecule has 9 heteroatoms. The number of nitrogens with one attached hydrogen (secondary N) is 1. The van der Waals surface area contributed by atoms with Crippen LogP contribution in [0, 0.1) is 11.6 Å². The van der Waals surface area contributed by atoms with Gasteiger partial charge in [0.2, 0.25) is 0 Å². The Morgan fingerprint density at radius 3 is 2.33 bits per heavy atom. The van der Waals surface area contributed by atoms with Crippen molar-refractivity contribution >= 4 is 29.4 Å². The van der Waals surface area contributed by atoms with E-state index in [2.05, 4.69) is 5.32 Å². The second-order valence-electron chi connectivity index (χ2n) is 6.66. The molecule has 0 aliphatic carbocycles. The summed E-state index contributed by atoms with van der Waals surface area (Å²) in [7, 11) is 0. The van der Waals surface area contributed by atoms with Gasteiger partial charge in [-0.2, -0.15) is 0 Å². The zero-order chi connectivity index (χ0) is 21.8. The van der Waals surface area contributed by atoms with E-state index >= 15 is 0 Å². The molecule has 1 unspecified atom stereocenters. The van der Waals surface area contributed by atoms with Gasteiger partial charge < -0.3 is 10.1 Å². The fraction of sp³-hybridized carbons (Fsp3) is 0.238. The third-order valence-corrected chi connectivity index (χ3v) is 4.50. The molecule has 1 aliphatic heterocycles.